The summed E-state index contributed by atoms with van der Waals surface area (Å²) in [6.07, 6.45) is 1.94. The van der Waals surface area contributed by atoms with Gasteiger partial charge in [-0.05, 0) is 27.4 Å². The first-order chi connectivity index (χ1) is 6.84. The maximum atomic E-state index is 3.68. The SMILES string of the molecule is C=CCSCCNCc1sccc1Br. The first-order valence-electron chi connectivity index (χ1n) is 4.46. The molecule has 0 aromatic carbocycles. The molecule has 1 aromatic heterocycles. The van der Waals surface area contributed by atoms with Crippen LogP contribution in [-0.4, -0.2) is 18.1 Å². The van der Waals surface area contributed by atoms with Crippen LogP contribution in [0.2, 0.25) is 0 Å². The van der Waals surface area contributed by atoms with Crippen molar-refractivity contribution in [2.75, 3.05) is 18.1 Å². The summed E-state index contributed by atoms with van der Waals surface area (Å²) in [5.74, 6) is 2.19. The normalized spacial score (nSPS) is 10.4. The Labute approximate surface area is 102 Å². The molecule has 0 aliphatic carbocycles. The van der Waals surface area contributed by atoms with Gasteiger partial charge in [0.1, 0.15) is 0 Å². The highest BCUT2D eigenvalue weighted by atomic mass is 79.9. The molecule has 0 spiro atoms. The molecule has 1 rings (SSSR count). The summed E-state index contributed by atoms with van der Waals surface area (Å²) in [7, 11) is 0. The fraction of sp³-hybridized carbons (Fsp3) is 0.400. The number of rotatable bonds is 7. The van der Waals surface area contributed by atoms with E-state index in [1.54, 1.807) is 11.3 Å². The molecule has 0 unspecified atom stereocenters. The average molecular weight is 292 g/mol. The number of thiophene rings is 1. The van der Waals surface area contributed by atoms with Gasteiger partial charge in [0.25, 0.3) is 0 Å². The van der Waals surface area contributed by atoms with E-state index < -0.39 is 0 Å². The van der Waals surface area contributed by atoms with Gasteiger partial charge >= 0.3 is 0 Å². The van der Waals surface area contributed by atoms with E-state index in [1.807, 2.05) is 17.8 Å². The summed E-state index contributed by atoms with van der Waals surface area (Å²) in [6.45, 7) is 5.71. The predicted molar refractivity (Wildman–Crippen MR) is 71.2 cm³/mol. The minimum Gasteiger partial charge on any atom is -0.311 e. The molecule has 1 heterocycles. The summed E-state index contributed by atoms with van der Waals surface area (Å²) in [5.41, 5.74) is 0. The Morgan fingerprint density at radius 1 is 1.64 bits per heavy atom. The van der Waals surface area contributed by atoms with Crippen LogP contribution in [0.15, 0.2) is 28.6 Å². The molecule has 1 nitrogen and oxygen atoms in total. The molecular formula is C10H14BrNS2. The van der Waals surface area contributed by atoms with Crippen molar-refractivity contribution >= 4 is 39.0 Å². The van der Waals surface area contributed by atoms with Crippen LogP contribution in [0.3, 0.4) is 0 Å². The highest BCUT2D eigenvalue weighted by molar-refractivity contribution is 9.10. The Kier molecular flexibility index (Phi) is 6.60. The summed E-state index contributed by atoms with van der Waals surface area (Å²) in [5, 5.41) is 5.52. The largest absolute Gasteiger partial charge is 0.311 e. The van der Waals surface area contributed by atoms with Crippen LogP contribution in [-0.2, 0) is 6.54 Å². The fourth-order valence-corrected chi connectivity index (χ4v) is 3.05. The molecule has 0 saturated heterocycles. The molecule has 0 fully saturated rings. The Hall–Kier alpha value is 0.230. The van der Waals surface area contributed by atoms with E-state index in [-0.39, 0.29) is 0 Å². The number of thioether (sulfide) groups is 1. The first kappa shape index (κ1) is 12.3. The third-order valence-electron chi connectivity index (χ3n) is 1.64. The lowest BCUT2D eigenvalue weighted by atomic mass is 10.4. The number of halogens is 1. The first-order valence-corrected chi connectivity index (χ1v) is 7.28. The van der Waals surface area contributed by atoms with Crippen LogP contribution >= 0.6 is 39.0 Å². The van der Waals surface area contributed by atoms with E-state index >= 15 is 0 Å². The molecular weight excluding hydrogens is 278 g/mol. The van der Waals surface area contributed by atoms with Gasteiger partial charge in [-0.2, -0.15) is 11.8 Å². The number of hydrogen-bond acceptors (Lipinski definition) is 3. The quantitative estimate of drug-likeness (QED) is 0.609. The Bertz CT molecular complexity index is 273. The van der Waals surface area contributed by atoms with Crippen molar-refractivity contribution < 1.29 is 0 Å². The zero-order valence-corrected chi connectivity index (χ0v) is 11.2. The minimum atomic E-state index is 0.965. The lowest BCUT2D eigenvalue weighted by Crippen LogP contribution is -2.16. The molecule has 0 aliphatic heterocycles. The zero-order valence-electron chi connectivity index (χ0n) is 7.96. The lowest BCUT2D eigenvalue weighted by molar-refractivity contribution is 0.739. The van der Waals surface area contributed by atoms with Crippen LogP contribution in [0.25, 0.3) is 0 Å². The Morgan fingerprint density at radius 2 is 2.50 bits per heavy atom. The molecule has 0 aliphatic rings. The molecule has 1 N–H and O–H groups in total. The van der Waals surface area contributed by atoms with Crippen molar-refractivity contribution in [1.82, 2.24) is 5.32 Å². The smallest absolute Gasteiger partial charge is 0.0327 e. The van der Waals surface area contributed by atoms with Crippen LogP contribution in [0.4, 0.5) is 0 Å². The van der Waals surface area contributed by atoms with Crippen LogP contribution in [0.1, 0.15) is 4.88 Å². The van der Waals surface area contributed by atoms with E-state index in [0.717, 1.165) is 24.6 Å². The van der Waals surface area contributed by atoms with Crippen LogP contribution in [0.5, 0.6) is 0 Å². The summed E-state index contributed by atoms with van der Waals surface area (Å²) in [6, 6.07) is 2.09. The highest BCUT2D eigenvalue weighted by Crippen LogP contribution is 2.21. The maximum absolute atomic E-state index is 3.68. The third kappa shape index (κ3) is 4.64. The number of hydrogen-bond donors (Lipinski definition) is 1. The lowest BCUT2D eigenvalue weighted by Gasteiger charge is -2.02. The Morgan fingerprint density at radius 3 is 3.14 bits per heavy atom. The van der Waals surface area contributed by atoms with Crippen molar-refractivity contribution in [3.05, 3.63) is 33.5 Å². The summed E-state index contributed by atoms with van der Waals surface area (Å²) >= 11 is 7.20. The van der Waals surface area contributed by atoms with Gasteiger partial charge in [0.2, 0.25) is 0 Å². The molecule has 0 radical (unpaired) electrons. The second-order valence-electron chi connectivity index (χ2n) is 2.73. The number of nitrogens with one attached hydrogen (secondary N) is 1. The van der Waals surface area contributed by atoms with E-state index in [4.69, 9.17) is 0 Å². The molecule has 78 valence electrons. The second kappa shape index (κ2) is 7.51. The highest BCUT2D eigenvalue weighted by Gasteiger charge is 1.99. The molecule has 0 atom stereocenters. The van der Waals surface area contributed by atoms with Gasteiger partial charge in [-0.1, -0.05) is 6.08 Å². The third-order valence-corrected chi connectivity index (χ3v) is 4.53. The average Bonchev–Trinajstić information content (AvgIpc) is 2.58. The topological polar surface area (TPSA) is 12.0 Å². The molecule has 0 saturated carbocycles. The summed E-state index contributed by atoms with van der Waals surface area (Å²) in [4.78, 5) is 1.37. The molecule has 1 aromatic rings. The predicted octanol–water partition coefficient (Wildman–Crippen LogP) is 3.52. The zero-order chi connectivity index (χ0) is 10.2. The van der Waals surface area contributed by atoms with Crippen molar-refractivity contribution in [3.8, 4) is 0 Å². The Balaban J connectivity index is 2.04. The molecule has 0 amide bonds. The van der Waals surface area contributed by atoms with Crippen molar-refractivity contribution in [2.24, 2.45) is 0 Å². The van der Waals surface area contributed by atoms with E-state index in [2.05, 4.69) is 39.3 Å². The standard InChI is InChI=1S/C10H14BrNS2/c1-2-5-13-7-4-12-8-10-9(11)3-6-14-10/h2-3,6,12H,1,4-5,7-8H2. The van der Waals surface area contributed by atoms with Crippen molar-refractivity contribution in [1.29, 1.82) is 0 Å². The van der Waals surface area contributed by atoms with Gasteiger partial charge in [0, 0.05) is 33.9 Å². The van der Waals surface area contributed by atoms with E-state index in [1.165, 1.54) is 9.35 Å². The minimum absolute atomic E-state index is 0.965. The maximum Gasteiger partial charge on any atom is 0.0327 e. The monoisotopic (exact) mass is 291 g/mol. The van der Waals surface area contributed by atoms with Gasteiger partial charge in [-0.3, -0.25) is 0 Å². The summed E-state index contributed by atoms with van der Waals surface area (Å²) < 4.78 is 1.22. The van der Waals surface area contributed by atoms with E-state index in [9.17, 15) is 0 Å². The van der Waals surface area contributed by atoms with Gasteiger partial charge in [0.15, 0.2) is 0 Å². The second-order valence-corrected chi connectivity index (χ2v) is 5.74. The molecule has 14 heavy (non-hydrogen) atoms. The fourth-order valence-electron chi connectivity index (χ4n) is 0.964. The van der Waals surface area contributed by atoms with E-state index in [0.29, 0.717) is 0 Å². The molecule has 0 bridgehead atoms. The van der Waals surface area contributed by atoms with Crippen LogP contribution < -0.4 is 5.32 Å². The van der Waals surface area contributed by atoms with Gasteiger partial charge in [-0.25, -0.2) is 0 Å². The van der Waals surface area contributed by atoms with Crippen molar-refractivity contribution in [3.63, 3.8) is 0 Å². The van der Waals surface area contributed by atoms with Crippen LogP contribution in [0, 0.1) is 0 Å². The molecule has 4 heteroatoms. The van der Waals surface area contributed by atoms with Gasteiger partial charge in [0.05, 0.1) is 0 Å². The van der Waals surface area contributed by atoms with Gasteiger partial charge in [-0.15, -0.1) is 17.9 Å². The van der Waals surface area contributed by atoms with Gasteiger partial charge < -0.3 is 5.32 Å². The van der Waals surface area contributed by atoms with Crippen molar-refractivity contribution in [2.45, 2.75) is 6.54 Å².